The molecule has 1 N–H and O–H groups in total. The molecule has 0 aliphatic heterocycles. The Hall–Kier alpha value is -2.37. The molecular weight excluding hydrogens is 406 g/mol. The van der Waals surface area contributed by atoms with Crippen LogP contribution < -0.4 is 4.74 Å². The van der Waals surface area contributed by atoms with Crippen molar-refractivity contribution >= 4 is 27.2 Å². The van der Waals surface area contributed by atoms with Gasteiger partial charge < -0.3 is 14.7 Å². The van der Waals surface area contributed by atoms with E-state index in [-0.39, 0.29) is 11.5 Å². The summed E-state index contributed by atoms with van der Waals surface area (Å²) >= 11 is 1.68. The fourth-order valence-electron chi connectivity index (χ4n) is 4.36. The molecule has 1 heterocycles. The van der Waals surface area contributed by atoms with Crippen molar-refractivity contribution in [1.29, 1.82) is 0 Å². The number of hydrogen-bond donors (Lipinski definition) is 1. The molecule has 3 aromatic rings. The predicted molar refractivity (Wildman–Crippen MR) is 128 cm³/mol. The van der Waals surface area contributed by atoms with Crippen LogP contribution in [0.4, 0.5) is 0 Å². The van der Waals surface area contributed by atoms with Gasteiger partial charge in [-0.2, -0.15) is 0 Å². The van der Waals surface area contributed by atoms with Crippen LogP contribution in [0.3, 0.4) is 0 Å². The molecule has 0 bridgehead atoms. The van der Waals surface area contributed by atoms with Gasteiger partial charge in [0.25, 0.3) is 0 Å². The quantitative estimate of drug-likeness (QED) is 0.352. The number of carbonyl (C=O) groups excluding carboxylic acids is 1. The Morgan fingerprint density at radius 1 is 1.06 bits per heavy atom. The molecule has 0 saturated heterocycles. The molecule has 1 aliphatic carbocycles. The van der Waals surface area contributed by atoms with Gasteiger partial charge in [-0.15, -0.1) is 11.3 Å². The van der Waals surface area contributed by atoms with Crippen molar-refractivity contribution in [3.8, 4) is 11.5 Å². The molecule has 2 aromatic carbocycles. The lowest BCUT2D eigenvalue weighted by atomic mass is 9.91. The second kappa shape index (κ2) is 9.84. The molecule has 31 heavy (non-hydrogen) atoms. The molecule has 1 fully saturated rings. The summed E-state index contributed by atoms with van der Waals surface area (Å²) in [5.74, 6) is 1.52. The lowest BCUT2D eigenvalue weighted by Crippen LogP contribution is -2.19. The SMILES string of the molecule is CN(C)CCOc1ccc(C(=O)c2c(C3CCCCCC3)sc3cc(O)ccc23)cc1. The van der Waals surface area contributed by atoms with Crippen molar-refractivity contribution in [2.75, 3.05) is 27.2 Å². The van der Waals surface area contributed by atoms with Crippen molar-refractivity contribution in [3.63, 3.8) is 0 Å². The largest absolute Gasteiger partial charge is 0.508 e. The molecule has 1 aromatic heterocycles. The molecule has 0 spiro atoms. The highest BCUT2D eigenvalue weighted by Crippen LogP contribution is 2.43. The molecule has 4 rings (SSSR count). The second-order valence-corrected chi connectivity index (χ2v) is 9.80. The summed E-state index contributed by atoms with van der Waals surface area (Å²) in [7, 11) is 4.03. The first-order valence-electron chi connectivity index (χ1n) is 11.2. The van der Waals surface area contributed by atoms with Crippen molar-refractivity contribution in [2.24, 2.45) is 0 Å². The molecular formula is C26H31NO3S. The number of nitrogens with zero attached hydrogens (tertiary/aromatic N) is 1. The molecule has 5 heteroatoms. The Labute approximate surface area is 188 Å². The van der Waals surface area contributed by atoms with Gasteiger partial charge in [-0.05, 0) is 75.3 Å². The van der Waals surface area contributed by atoms with E-state index in [1.54, 1.807) is 23.5 Å². The number of rotatable bonds is 7. The number of hydrogen-bond acceptors (Lipinski definition) is 5. The Kier molecular flexibility index (Phi) is 6.93. The van der Waals surface area contributed by atoms with Gasteiger partial charge in [0.15, 0.2) is 5.78 Å². The van der Waals surface area contributed by atoms with Crippen LogP contribution in [0, 0.1) is 0 Å². The minimum Gasteiger partial charge on any atom is -0.508 e. The zero-order chi connectivity index (χ0) is 21.8. The first kappa shape index (κ1) is 21.8. The van der Waals surface area contributed by atoms with Crippen LogP contribution in [0.2, 0.25) is 0 Å². The summed E-state index contributed by atoms with van der Waals surface area (Å²) in [4.78, 5) is 16.9. The number of ketones is 1. The van der Waals surface area contributed by atoms with Crippen LogP contribution in [0.15, 0.2) is 42.5 Å². The number of thiophene rings is 1. The van der Waals surface area contributed by atoms with E-state index < -0.39 is 0 Å². The minimum absolute atomic E-state index is 0.0658. The highest BCUT2D eigenvalue weighted by Gasteiger charge is 2.26. The second-order valence-electron chi connectivity index (χ2n) is 8.72. The molecule has 0 amide bonds. The normalized spacial score (nSPS) is 15.3. The third kappa shape index (κ3) is 5.10. The number of aromatic hydroxyl groups is 1. The third-order valence-electron chi connectivity index (χ3n) is 6.08. The smallest absolute Gasteiger partial charge is 0.194 e. The monoisotopic (exact) mass is 437 g/mol. The number of benzene rings is 2. The molecule has 1 aliphatic rings. The number of carbonyl (C=O) groups is 1. The average Bonchev–Trinajstić information content (AvgIpc) is 2.92. The van der Waals surface area contributed by atoms with Gasteiger partial charge in [0.1, 0.15) is 18.1 Å². The van der Waals surface area contributed by atoms with Gasteiger partial charge >= 0.3 is 0 Å². The minimum atomic E-state index is 0.0658. The first-order valence-corrected chi connectivity index (χ1v) is 12.0. The van der Waals surface area contributed by atoms with Crippen LogP contribution in [0.25, 0.3) is 10.1 Å². The van der Waals surface area contributed by atoms with E-state index >= 15 is 0 Å². The van der Waals surface area contributed by atoms with Crippen molar-refractivity contribution in [1.82, 2.24) is 4.90 Å². The number of fused-ring (bicyclic) bond motifs is 1. The molecule has 0 atom stereocenters. The van der Waals surface area contributed by atoms with E-state index in [1.807, 2.05) is 44.4 Å². The average molecular weight is 438 g/mol. The van der Waals surface area contributed by atoms with E-state index in [2.05, 4.69) is 4.90 Å². The van der Waals surface area contributed by atoms with E-state index in [1.165, 1.54) is 30.6 Å². The van der Waals surface area contributed by atoms with E-state index in [0.29, 0.717) is 18.1 Å². The molecule has 0 unspecified atom stereocenters. The van der Waals surface area contributed by atoms with Gasteiger partial charge in [0.05, 0.1) is 0 Å². The fraction of sp³-hybridized carbons (Fsp3) is 0.423. The molecule has 1 saturated carbocycles. The van der Waals surface area contributed by atoms with Crippen LogP contribution >= 0.6 is 11.3 Å². The number of phenols is 1. The van der Waals surface area contributed by atoms with Crippen molar-refractivity contribution < 1.29 is 14.6 Å². The summed E-state index contributed by atoms with van der Waals surface area (Å²) in [5, 5.41) is 10.9. The van der Waals surface area contributed by atoms with Crippen molar-refractivity contribution in [3.05, 3.63) is 58.5 Å². The molecule has 4 nitrogen and oxygen atoms in total. The lowest BCUT2D eigenvalue weighted by Gasteiger charge is -2.15. The molecule has 0 radical (unpaired) electrons. The van der Waals surface area contributed by atoms with Gasteiger partial charge in [-0.1, -0.05) is 25.7 Å². The van der Waals surface area contributed by atoms with Crippen LogP contribution in [0.5, 0.6) is 11.5 Å². The zero-order valence-electron chi connectivity index (χ0n) is 18.4. The third-order valence-corrected chi connectivity index (χ3v) is 7.39. The van der Waals surface area contributed by atoms with Crippen LogP contribution in [-0.2, 0) is 0 Å². The zero-order valence-corrected chi connectivity index (χ0v) is 19.2. The van der Waals surface area contributed by atoms with Crippen LogP contribution in [0.1, 0.15) is 65.2 Å². The Bertz CT molecular complexity index is 1030. The van der Waals surface area contributed by atoms with E-state index in [9.17, 15) is 9.90 Å². The standard InChI is InChI=1S/C26H31NO3S/c1-27(2)15-16-30-21-12-9-18(10-13-21)25(29)24-22-14-11-20(28)17-23(22)31-26(24)19-7-5-3-4-6-8-19/h9-14,17,19,28H,3-8,15-16H2,1-2H3. The van der Waals surface area contributed by atoms with Crippen LogP contribution in [-0.4, -0.2) is 43.0 Å². The number of likely N-dealkylation sites (N-methyl/N-ethyl adjacent to an activating group) is 1. The van der Waals surface area contributed by atoms with Crippen molar-refractivity contribution in [2.45, 2.75) is 44.4 Å². The molecule has 164 valence electrons. The Morgan fingerprint density at radius 2 is 1.77 bits per heavy atom. The summed E-state index contributed by atoms with van der Waals surface area (Å²) in [5.41, 5.74) is 1.51. The summed E-state index contributed by atoms with van der Waals surface area (Å²) in [6.45, 7) is 1.46. The summed E-state index contributed by atoms with van der Waals surface area (Å²) < 4.78 is 6.77. The van der Waals surface area contributed by atoms with E-state index in [4.69, 9.17) is 4.74 Å². The highest BCUT2D eigenvalue weighted by atomic mass is 32.1. The number of phenolic OH excluding ortho intramolecular Hbond substituents is 1. The maximum Gasteiger partial charge on any atom is 0.194 e. The lowest BCUT2D eigenvalue weighted by molar-refractivity contribution is 0.103. The maximum atomic E-state index is 13.7. The summed E-state index contributed by atoms with van der Waals surface area (Å²) in [6.07, 6.45) is 7.27. The van der Waals surface area contributed by atoms with Gasteiger partial charge in [-0.25, -0.2) is 0 Å². The topological polar surface area (TPSA) is 49.8 Å². The Morgan fingerprint density at radius 3 is 2.45 bits per heavy atom. The van der Waals surface area contributed by atoms with Gasteiger partial charge in [0.2, 0.25) is 0 Å². The van der Waals surface area contributed by atoms with Gasteiger partial charge in [-0.3, -0.25) is 4.79 Å². The Balaban J connectivity index is 1.65. The predicted octanol–water partition coefficient (Wildman–Crippen LogP) is 6.22. The first-order chi connectivity index (χ1) is 15.0. The van der Waals surface area contributed by atoms with E-state index in [0.717, 1.165) is 40.8 Å². The summed E-state index contributed by atoms with van der Waals surface area (Å²) in [6, 6.07) is 12.9. The number of ether oxygens (including phenoxy) is 1. The van der Waals surface area contributed by atoms with Gasteiger partial charge in [0, 0.05) is 32.6 Å². The maximum absolute atomic E-state index is 13.7. The highest BCUT2D eigenvalue weighted by molar-refractivity contribution is 7.19. The fourth-order valence-corrected chi connectivity index (χ4v) is 5.76.